The van der Waals surface area contributed by atoms with Crippen LogP contribution in [0.15, 0.2) is 47.5 Å². The van der Waals surface area contributed by atoms with Gasteiger partial charge in [0.25, 0.3) is 0 Å². The van der Waals surface area contributed by atoms with Crippen LogP contribution < -0.4 is 14.8 Å². The topological polar surface area (TPSA) is 60.5 Å². The van der Waals surface area contributed by atoms with Crippen molar-refractivity contribution in [2.45, 2.75) is 25.3 Å². The lowest BCUT2D eigenvalue weighted by Gasteiger charge is -2.12. The number of anilines is 1. The number of nitrogens with zero attached hydrogens (tertiary/aromatic N) is 1. The number of pyridine rings is 1. The molecule has 6 heteroatoms. The summed E-state index contributed by atoms with van der Waals surface area (Å²) in [6, 6.07) is 13.7. The smallest absolute Gasteiger partial charge is 0.234 e. The van der Waals surface area contributed by atoms with Gasteiger partial charge in [0, 0.05) is 11.5 Å². The molecule has 0 radical (unpaired) electrons. The zero-order chi connectivity index (χ0) is 20.1. The van der Waals surface area contributed by atoms with E-state index in [9.17, 15) is 4.79 Å². The molecule has 0 saturated heterocycles. The van der Waals surface area contributed by atoms with Crippen molar-refractivity contribution in [1.29, 1.82) is 0 Å². The number of aromatic nitrogens is 1. The number of carbonyl (C=O) groups is 1. The number of hydrogen-bond donors (Lipinski definition) is 1. The lowest BCUT2D eigenvalue weighted by molar-refractivity contribution is -0.113. The Morgan fingerprint density at radius 3 is 2.64 bits per heavy atom. The fourth-order valence-corrected chi connectivity index (χ4v) is 3.80. The van der Waals surface area contributed by atoms with Crippen LogP contribution in [0.2, 0.25) is 0 Å². The van der Waals surface area contributed by atoms with E-state index in [1.807, 2.05) is 0 Å². The predicted molar refractivity (Wildman–Crippen MR) is 115 cm³/mol. The number of hydrogen-bond acceptors (Lipinski definition) is 5. The van der Waals surface area contributed by atoms with Crippen molar-refractivity contribution in [1.82, 2.24) is 4.98 Å². The summed E-state index contributed by atoms with van der Waals surface area (Å²) in [5.41, 5.74) is 3.89. The van der Waals surface area contributed by atoms with Crippen LogP contribution in [0.4, 0.5) is 5.69 Å². The minimum Gasteiger partial charge on any atom is -0.497 e. The first-order chi connectivity index (χ1) is 13.5. The molecule has 0 aliphatic carbocycles. The third-order valence-corrected chi connectivity index (χ3v) is 5.45. The van der Waals surface area contributed by atoms with Gasteiger partial charge < -0.3 is 14.8 Å². The summed E-state index contributed by atoms with van der Waals surface area (Å²) in [6.07, 6.45) is 0.868. The maximum absolute atomic E-state index is 12.5. The maximum atomic E-state index is 12.5. The average Bonchev–Trinajstić information content (AvgIpc) is 2.71. The van der Waals surface area contributed by atoms with Crippen molar-refractivity contribution in [2.24, 2.45) is 0 Å². The molecule has 1 N–H and O–H groups in total. The fraction of sp³-hybridized carbons (Fsp3) is 0.273. The van der Waals surface area contributed by atoms with E-state index < -0.39 is 0 Å². The molecule has 0 fully saturated rings. The fourth-order valence-electron chi connectivity index (χ4n) is 2.90. The Labute approximate surface area is 169 Å². The number of fused-ring (bicyclic) bond motifs is 1. The first-order valence-electron chi connectivity index (χ1n) is 9.09. The van der Waals surface area contributed by atoms with Crippen LogP contribution in [-0.4, -0.2) is 30.9 Å². The average molecular weight is 397 g/mol. The van der Waals surface area contributed by atoms with Gasteiger partial charge in [-0.1, -0.05) is 30.8 Å². The molecular formula is C22H24N2O3S. The molecule has 5 nitrogen and oxygen atoms in total. The molecule has 3 rings (SSSR count). The summed E-state index contributed by atoms with van der Waals surface area (Å²) in [5, 5.41) is 4.92. The number of nitrogens with one attached hydrogen (secondary N) is 1. The standard InChI is InChI=1S/C22H24N2O3S/c1-5-15-11-16-7-6-14(2)10-19(16)24-22(15)28-13-21(25)23-18-9-8-17(26-3)12-20(18)27-4/h6-12H,5,13H2,1-4H3,(H,23,25). The van der Waals surface area contributed by atoms with Gasteiger partial charge in [-0.2, -0.15) is 0 Å². The minimum atomic E-state index is -0.110. The molecule has 1 amide bonds. The molecule has 0 atom stereocenters. The van der Waals surface area contributed by atoms with Crippen LogP contribution in [0.1, 0.15) is 18.1 Å². The van der Waals surface area contributed by atoms with E-state index in [1.165, 1.54) is 17.3 Å². The number of thioether (sulfide) groups is 1. The number of aryl methyl sites for hydroxylation is 2. The number of benzene rings is 2. The highest BCUT2D eigenvalue weighted by Gasteiger charge is 2.12. The van der Waals surface area contributed by atoms with E-state index in [4.69, 9.17) is 14.5 Å². The Hall–Kier alpha value is -2.73. The number of rotatable bonds is 7. The van der Waals surface area contributed by atoms with Crippen molar-refractivity contribution >= 4 is 34.3 Å². The molecule has 0 unspecified atom stereocenters. The van der Waals surface area contributed by atoms with Crippen LogP contribution in [0.5, 0.6) is 11.5 Å². The summed E-state index contributed by atoms with van der Waals surface area (Å²) in [6.45, 7) is 4.15. The van der Waals surface area contributed by atoms with Gasteiger partial charge in [0.15, 0.2) is 0 Å². The first kappa shape index (κ1) is 20.0. The number of amides is 1. The van der Waals surface area contributed by atoms with Gasteiger partial charge in [-0.05, 0) is 48.7 Å². The molecule has 3 aromatic rings. The summed E-state index contributed by atoms with van der Waals surface area (Å²) in [5.74, 6) is 1.40. The number of ether oxygens (including phenoxy) is 2. The Morgan fingerprint density at radius 2 is 1.93 bits per heavy atom. The third-order valence-electron chi connectivity index (χ3n) is 4.42. The van der Waals surface area contributed by atoms with Crippen molar-refractivity contribution < 1.29 is 14.3 Å². The quantitative estimate of drug-likeness (QED) is 0.578. The van der Waals surface area contributed by atoms with Crippen LogP contribution >= 0.6 is 11.8 Å². The van der Waals surface area contributed by atoms with Crippen molar-refractivity contribution in [2.75, 3.05) is 25.3 Å². The maximum Gasteiger partial charge on any atom is 0.234 e. The summed E-state index contributed by atoms with van der Waals surface area (Å²) in [7, 11) is 3.15. The summed E-state index contributed by atoms with van der Waals surface area (Å²) < 4.78 is 10.5. The second-order valence-electron chi connectivity index (χ2n) is 6.41. The lowest BCUT2D eigenvalue weighted by Crippen LogP contribution is -2.15. The zero-order valence-corrected chi connectivity index (χ0v) is 17.4. The van der Waals surface area contributed by atoms with Gasteiger partial charge >= 0.3 is 0 Å². The van der Waals surface area contributed by atoms with Crippen molar-refractivity contribution in [3.05, 3.63) is 53.6 Å². The molecule has 2 aromatic carbocycles. The highest BCUT2D eigenvalue weighted by molar-refractivity contribution is 8.00. The molecular weight excluding hydrogens is 372 g/mol. The molecule has 1 aromatic heterocycles. The largest absolute Gasteiger partial charge is 0.497 e. The van der Waals surface area contributed by atoms with E-state index >= 15 is 0 Å². The van der Waals surface area contributed by atoms with Gasteiger partial charge in [-0.15, -0.1) is 0 Å². The predicted octanol–water partition coefficient (Wildman–Crippen LogP) is 4.85. The molecule has 146 valence electrons. The van der Waals surface area contributed by atoms with Crippen LogP contribution in [0.3, 0.4) is 0 Å². The Kier molecular flexibility index (Phi) is 6.41. The highest BCUT2D eigenvalue weighted by atomic mass is 32.2. The monoisotopic (exact) mass is 396 g/mol. The zero-order valence-electron chi connectivity index (χ0n) is 16.5. The van der Waals surface area contributed by atoms with E-state index in [0.29, 0.717) is 17.2 Å². The summed E-state index contributed by atoms with van der Waals surface area (Å²) in [4.78, 5) is 17.3. The molecule has 0 bridgehead atoms. The third kappa shape index (κ3) is 4.57. The van der Waals surface area contributed by atoms with Gasteiger partial charge in [0.2, 0.25) is 5.91 Å². The second kappa shape index (κ2) is 8.97. The lowest BCUT2D eigenvalue weighted by atomic mass is 10.1. The van der Waals surface area contributed by atoms with E-state index in [2.05, 4.69) is 43.4 Å². The summed E-state index contributed by atoms with van der Waals surface area (Å²) >= 11 is 1.45. The molecule has 0 saturated carbocycles. The van der Waals surface area contributed by atoms with Crippen LogP contribution in [0, 0.1) is 6.92 Å². The Bertz CT molecular complexity index is 1000. The van der Waals surface area contributed by atoms with Gasteiger partial charge in [-0.3, -0.25) is 4.79 Å². The van der Waals surface area contributed by atoms with Crippen molar-refractivity contribution in [3.63, 3.8) is 0 Å². The highest BCUT2D eigenvalue weighted by Crippen LogP contribution is 2.30. The Morgan fingerprint density at radius 1 is 1.11 bits per heavy atom. The SMILES string of the molecule is CCc1cc2ccc(C)cc2nc1SCC(=O)Nc1ccc(OC)cc1OC. The Balaban J connectivity index is 1.74. The molecule has 28 heavy (non-hydrogen) atoms. The van der Waals surface area contributed by atoms with Gasteiger partial charge in [0.05, 0.1) is 31.2 Å². The van der Waals surface area contributed by atoms with Gasteiger partial charge in [-0.25, -0.2) is 4.98 Å². The van der Waals surface area contributed by atoms with E-state index in [0.717, 1.165) is 27.9 Å². The van der Waals surface area contributed by atoms with Crippen LogP contribution in [-0.2, 0) is 11.2 Å². The number of methoxy groups -OCH3 is 2. The number of carbonyl (C=O) groups excluding carboxylic acids is 1. The van der Waals surface area contributed by atoms with Crippen molar-refractivity contribution in [3.8, 4) is 11.5 Å². The van der Waals surface area contributed by atoms with E-state index in [1.54, 1.807) is 32.4 Å². The van der Waals surface area contributed by atoms with Crippen LogP contribution in [0.25, 0.3) is 10.9 Å². The second-order valence-corrected chi connectivity index (χ2v) is 7.37. The van der Waals surface area contributed by atoms with Gasteiger partial charge in [0.1, 0.15) is 16.5 Å². The first-order valence-corrected chi connectivity index (χ1v) is 10.1. The van der Waals surface area contributed by atoms with E-state index in [-0.39, 0.29) is 11.7 Å². The molecule has 0 aliphatic heterocycles. The molecule has 0 spiro atoms. The molecule has 0 aliphatic rings. The minimum absolute atomic E-state index is 0.110. The molecule has 1 heterocycles. The normalized spacial score (nSPS) is 10.7.